The minimum absolute atomic E-state index is 0.472. The molecule has 41 heavy (non-hydrogen) atoms. The Balaban J connectivity index is 0.000000173. The van der Waals surface area contributed by atoms with E-state index in [2.05, 4.69) is 182 Å². The standard InChI is InChI=1S/2C18H16As.2ClH.Pt/c2*1-4-10-16(11-5-1)19(17-12-6-2-7-13-17)18-14-8-3-9-15-18;;;/h2*1-15,19H;2*1H;/q;;;;+2/p-2. The van der Waals surface area contributed by atoms with Crippen LogP contribution in [0.25, 0.3) is 0 Å². The van der Waals surface area contributed by atoms with Crippen molar-refractivity contribution in [2.75, 3.05) is 0 Å². The number of halogens is 2. The van der Waals surface area contributed by atoms with Gasteiger partial charge in [0.05, 0.1) is 0 Å². The topological polar surface area (TPSA) is 0 Å². The molecular weight excluding hydrogens is 848 g/mol. The molecule has 6 aromatic carbocycles. The van der Waals surface area contributed by atoms with Gasteiger partial charge in [0.25, 0.3) is 0 Å². The fourth-order valence-electron chi connectivity index (χ4n) is 4.63. The molecule has 0 heterocycles. The van der Waals surface area contributed by atoms with Crippen LogP contribution in [0.3, 0.4) is 0 Å². The Kier molecular flexibility index (Phi) is 14.1. The third kappa shape index (κ3) is 9.89. The quantitative estimate of drug-likeness (QED) is 0.201. The van der Waals surface area contributed by atoms with Crippen LogP contribution in [0.1, 0.15) is 0 Å². The van der Waals surface area contributed by atoms with Crippen molar-refractivity contribution < 1.29 is 16.5 Å². The van der Waals surface area contributed by atoms with Crippen LogP contribution in [0.2, 0.25) is 0 Å². The Bertz CT molecular complexity index is 1200. The molecule has 5 heteroatoms. The van der Waals surface area contributed by atoms with Gasteiger partial charge >= 0.3 is 273 Å². The van der Waals surface area contributed by atoms with Crippen molar-refractivity contribution in [1.29, 1.82) is 0 Å². The van der Waals surface area contributed by atoms with Crippen molar-refractivity contribution in [2.24, 2.45) is 0 Å². The van der Waals surface area contributed by atoms with Crippen LogP contribution in [0.4, 0.5) is 0 Å². The fraction of sp³-hybridized carbons (Fsp3) is 0. The zero-order valence-electron chi connectivity index (χ0n) is 22.4. The first-order valence-corrected chi connectivity index (χ1v) is 25.1. The summed E-state index contributed by atoms with van der Waals surface area (Å²) in [5.41, 5.74) is 0. The van der Waals surface area contributed by atoms with Crippen LogP contribution in [-0.2, 0) is 16.5 Å². The van der Waals surface area contributed by atoms with E-state index in [0.29, 0.717) is 0 Å². The van der Waals surface area contributed by atoms with Crippen LogP contribution in [0.5, 0.6) is 0 Å². The van der Waals surface area contributed by atoms with Crippen LogP contribution >= 0.6 is 18.8 Å². The second-order valence-electron chi connectivity index (χ2n) is 8.99. The van der Waals surface area contributed by atoms with E-state index in [9.17, 15) is 0 Å². The normalized spacial score (nSPS) is 10.3. The fourth-order valence-corrected chi connectivity index (χ4v) is 15.4. The summed E-state index contributed by atoms with van der Waals surface area (Å²) in [4.78, 5) is 0. The molecule has 0 saturated heterocycles. The van der Waals surface area contributed by atoms with Crippen LogP contribution in [0.15, 0.2) is 182 Å². The van der Waals surface area contributed by atoms with Crippen molar-refractivity contribution in [3.8, 4) is 0 Å². The van der Waals surface area contributed by atoms with E-state index in [1.54, 1.807) is 0 Å². The molecule has 0 unspecified atom stereocenters. The molecule has 0 aliphatic heterocycles. The van der Waals surface area contributed by atoms with E-state index in [4.69, 9.17) is 18.8 Å². The molecule has 0 aliphatic carbocycles. The molecule has 0 aliphatic rings. The molecule has 2 radical (unpaired) electrons. The SMILES string of the molecule is [Cl][Pt][Cl].c1ccc([AsH](c2ccccc2)c2ccccc2)cc1.c1ccc([AsH](c2ccccc2)c2ccccc2)cc1. The van der Waals surface area contributed by atoms with Gasteiger partial charge in [-0.1, -0.05) is 0 Å². The van der Waals surface area contributed by atoms with Crippen LogP contribution < -0.4 is 26.1 Å². The number of rotatable bonds is 6. The van der Waals surface area contributed by atoms with E-state index in [0.717, 1.165) is 0 Å². The van der Waals surface area contributed by atoms with Crippen LogP contribution in [0, 0.1) is 0 Å². The summed E-state index contributed by atoms with van der Waals surface area (Å²) in [6, 6.07) is 65.6. The first-order valence-electron chi connectivity index (χ1n) is 13.2. The Morgan fingerprint density at radius 1 is 0.268 bits per heavy atom. The molecule has 6 rings (SSSR count). The maximum absolute atomic E-state index is 4.88. The molecular formula is C36H32As2Cl2Pt. The second-order valence-corrected chi connectivity index (χ2v) is 22.7. The molecule has 0 bridgehead atoms. The van der Waals surface area contributed by atoms with Gasteiger partial charge in [-0.3, -0.25) is 0 Å². The molecule has 0 atom stereocenters. The number of hydrogen-bond acceptors (Lipinski definition) is 0. The molecule has 0 aromatic heterocycles. The van der Waals surface area contributed by atoms with Gasteiger partial charge in [0.1, 0.15) is 0 Å². The number of benzene rings is 6. The maximum atomic E-state index is 4.88. The van der Waals surface area contributed by atoms with E-state index in [1.807, 2.05) is 0 Å². The van der Waals surface area contributed by atoms with Gasteiger partial charge in [-0.05, 0) is 0 Å². The predicted octanol–water partition coefficient (Wildman–Crippen LogP) is 5.25. The summed E-state index contributed by atoms with van der Waals surface area (Å²) in [6.45, 7) is 0. The second kappa shape index (κ2) is 18.3. The molecule has 0 N–H and O–H groups in total. The van der Waals surface area contributed by atoms with E-state index >= 15 is 0 Å². The Hall–Kier alpha value is -2.29. The molecule has 210 valence electrons. The number of hydrogen-bond donors (Lipinski definition) is 0. The van der Waals surface area contributed by atoms with Crippen molar-refractivity contribution in [2.45, 2.75) is 0 Å². The van der Waals surface area contributed by atoms with Crippen molar-refractivity contribution in [3.63, 3.8) is 0 Å². The van der Waals surface area contributed by atoms with Crippen molar-refractivity contribution in [3.05, 3.63) is 182 Å². The third-order valence-electron chi connectivity index (χ3n) is 6.37. The zero-order valence-corrected chi connectivity index (χ0v) is 30.4. The van der Waals surface area contributed by atoms with E-state index in [-0.39, 0.29) is 0 Å². The molecule has 0 saturated carbocycles. The van der Waals surface area contributed by atoms with Gasteiger partial charge in [0.15, 0.2) is 0 Å². The molecule has 0 nitrogen and oxygen atoms in total. The molecule has 0 amide bonds. The average Bonchev–Trinajstić information content (AvgIpc) is 3.05. The molecule has 0 fully saturated rings. The Labute approximate surface area is 270 Å². The summed E-state index contributed by atoms with van der Waals surface area (Å²) in [5.74, 6) is 0. The third-order valence-corrected chi connectivity index (χ3v) is 17.8. The van der Waals surface area contributed by atoms with Gasteiger partial charge in [-0.15, -0.1) is 0 Å². The van der Waals surface area contributed by atoms with Gasteiger partial charge in [-0.25, -0.2) is 0 Å². The summed E-state index contributed by atoms with van der Waals surface area (Å²) in [7, 11) is 9.75. The molecule has 0 spiro atoms. The van der Waals surface area contributed by atoms with Crippen LogP contribution in [-0.4, -0.2) is 29.3 Å². The molecule has 6 aromatic rings. The minimum atomic E-state index is -1.63. The zero-order chi connectivity index (χ0) is 28.5. The first-order chi connectivity index (χ1) is 20.3. The monoisotopic (exact) mass is 879 g/mol. The van der Waals surface area contributed by atoms with E-state index < -0.39 is 45.8 Å². The van der Waals surface area contributed by atoms with Crippen molar-refractivity contribution in [1.82, 2.24) is 0 Å². The summed E-state index contributed by atoms with van der Waals surface area (Å²) in [5, 5.41) is 0. The summed E-state index contributed by atoms with van der Waals surface area (Å²) >= 11 is -3.74. The summed E-state index contributed by atoms with van der Waals surface area (Å²) in [6.07, 6.45) is 0. The van der Waals surface area contributed by atoms with Gasteiger partial charge < -0.3 is 0 Å². The first kappa shape index (κ1) is 31.6. The average molecular weight is 880 g/mol. The van der Waals surface area contributed by atoms with Gasteiger partial charge in [-0.2, -0.15) is 0 Å². The van der Waals surface area contributed by atoms with Crippen molar-refractivity contribution >= 4 is 74.2 Å². The van der Waals surface area contributed by atoms with E-state index in [1.165, 1.54) is 26.1 Å². The Morgan fingerprint density at radius 2 is 0.390 bits per heavy atom. The van der Waals surface area contributed by atoms with Gasteiger partial charge in [0.2, 0.25) is 0 Å². The Morgan fingerprint density at radius 3 is 0.512 bits per heavy atom. The predicted molar refractivity (Wildman–Crippen MR) is 182 cm³/mol. The summed E-state index contributed by atoms with van der Waals surface area (Å²) < 4.78 is 9.00. The van der Waals surface area contributed by atoms with Gasteiger partial charge in [0, 0.05) is 0 Å².